The van der Waals surface area contributed by atoms with Gasteiger partial charge >= 0.3 is 0 Å². The molecule has 1 saturated heterocycles. The molecule has 2 aromatic rings. The molecular weight excluding hydrogens is 411 g/mol. The molecule has 2 aromatic carbocycles. The van der Waals surface area contributed by atoms with Crippen LogP contribution in [-0.2, 0) is 14.8 Å². The van der Waals surface area contributed by atoms with E-state index in [0.29, 0.717) is 47.6 Å². The Balaban J connectivity index is 1.73. The second kappa shape index (κ2) is 8.58. The van der Waals surface area contributed by atoms with Crippen LogP contribution in [0.3, 0.4) is 0 Å². The number of carbonyl (C=O) groups excluding carboxylic acids is 1. The lowest BCUT2D eigenvalue weighted by Crippen LogP contribution is -2.40. The van der Waals surface area contributed by atoms with E-state index in [4.69, 9.17) is 27.9 Å². The highest BCUT2D eigenvalue weighted by atomic mass is 35.5. The van der Waals surface area contributed by atoms with Crippen LogP contribution in [0.5, 0.6) is 0 Å². The van der Waals surface area contributed by atoms with Gasteiger partial charge in [0.2, 0.25) is 10.0 Å². The number of rotatable bonds is 6. The molecule has 0 unspecified atom stereocenters. The molecule has 1 heterocycles. The molecule has 9 heteroatoms. The first-order valence-corrected chi connectivity index (χ1v) is 10.5. The molecule has 0 radical (unpaired) electrons. The highest BCUT2D eigenvalue weighted by molar-refractivity contribution is 7.89. The lowest BCUT2D eigenvalue weighted by molar-refractivity contribution is 0.0730. The number of carbonyl (C=O) groups is 1. The lowest BCUT2D eigenvalue weighted by atomic mass is 10.1. The minimum absolute atomic E-state index is 0.0254. The molecule has 27 heavy (non-hydrogen) atoms. The predicted octanol–water partition coefficient (Wildman–Crippen LogP) is 3.31. The van der Waals surface area contributed by atoms with Crippen LogP contribution in [0.1, 0.15) is 10.4 Å². The van der Waals surface area contributed by atoms with Gasteiger partial charge < -0.3 is 10.1 Å². The van der Waals surface area contributed by atoms with E-state index in [9.17, 15) is 13.2 Å². The molecule has 6 nitrogen and oxygen atoms in total. The molecule has 0 bridgehead atoms. The van der Waals surface area contributed by atoms with Gasteiger partial charge in [-0.1, -0.05) is 35.3 Å². The summed E-state index contributed by atoms with van der Waals surface area (Å²) in [5.41, 5.74) is 0.883. The van der Waals surface area contributed by atoms with Crippen LogP contribution in [-0.4, -0.2) is 51.4 Å². The van der Waals surface area contributed by atoms with Crippen LogP contribution < -0.4 is 5.32 Å². The van der Waals surface area contributed by atoms with E-state index < -0.39 is 10.0 Å². The van der Waals surface area contributed by atoms with E-state index in [1.165, 1.54) is 16.4 Å². The van der Waals surface area contributed by atoms with Gasteiger partial charge in [-0.05, 0) is 30.3 Å². The quantitative estimate of drug-likeness (QED) is 0.714. The van der Waals surface area contributed by atoms with Gasteiger partial charge in [-0.25, -0.2) is 8.42 Å². The maximum atomic E-state index is 12.7. The molecule has 0 spiro atoms. The Bertz CT molecular complexity index is 944. The summed E-state index contributed by atoms with van der Waals surface area (Å²) in [6, 6.07) is 11.0. The van der Waals surface area contributed by atoms with Crippen molar-refractivity contribution < 1.29 is 17.9 Å². The second-order valence-electron chi connectivity index (χ2n) is 5.95. The average Bonchev–Trinajstić information content (AvgIpc) is 2.68. The molecule has 1 aliphatic heterocycles. The summed E-state index contributed by atoms with van der Waals surface area (Å²) >= 11 is 11.9. The number of ether oxygens (including phenoxy) is 1. The number of sulfonamides is 1. The number of hydrogen-bond donors (Lipinski definition) is 1. The first kappa shape index (κ1) is 20.1. The van der Waals surface area contributed by atoms with E-state index in [2.05, 4.69) is 5.32 Å². The molecule has 1 N–H and O–H groups in total. The van der Waals surface area contributed by atoms with Gasteiger partial charge in [0.15, 0.2) is 5.78 Å². The van der Waals surface area contributed by atoms with Crippen LogP contribution in [0, 0.1) is 0 Å². The van der Waals surface area contributed by atoms with Crippen molar-refractivity contribution in [2.24, 2.45) is 0 Å². The molecule has 144 valence electrons. The topological polar surface area (TPSA) is 75.7 Å². The minimum atomic E-state index is -3.65. The van der Waals surface area contributed by atoms with E-state index in [1.807, 2.05) is 0 Å². The third-order valence-corrected chi connectivity index (χ3v) is 6.58. The van der Waals surface area contributed by atoms with Crippen molar-refractivity contribution in [2.75, 3.05) is 38.2 Å². The summed E-state index contributed by atoms with van der Waals surface area (Å²) in [6.07, 6.45) is 0. The molecule has 0 aliphatic carbocycles. The van der Waals surface area contributed by atoms with Crippen molar-refractivity contribution in [1.82, 2.24) is 4.31 Å². The van der Waals surface area contributed by atoms with Crippen LogP contribution >= 0.6 is 23.2 Å². The second-order valence-corrected chi connectivity index (χ2v) is 8.73. The lowest BCUT2D eigenvalue weighted by Gasteiger charge is -2.26. The summed E-state index contributed by atoms with van der Waals surface area (Å²) in [6.45, 7) is 1.31. The standard InChI is InChI=1S/C18H18Cl2N2O4S/c19-14-4-5-17(16(20)11-14)21-12-18(23)13-2-1-3-15(10-13)27(24,25)22-6-8-26-9-7-22/h1-5,10-11,21H,6-9,12H2. The van der Waals surface area contributed by atoms with Gasteiger partial charge in [0, 0.05) is 23.7 Å². The van der Waals surface area contributed by atoms with Crippen molar-refractivity contribution in [3.63, 3.8) is 0 Å². The Morgan fingerprint density at radius 1 is 1.11 bits per heavy atom. The van der Waals surface area contributed by atoms with Gasteiger partial charge in [-0.2, -0.15) is 4.31 Å². The van der Waals surface area contributed by atoms with E-state index >= 15 is 0 Å². The van der Waals surface area contributed by atoms with Crippen LogP contribution in [0.15, 0.2) is 47.4 Å². The predicted molar refractivity (Wildman–Crippen MR) is 105 cm³/mol. The molecule has 1 aliphatic rings. The van der Waals surface area contributed by atoms with Crippen molar-refractivity contribution in [1.29, 1.82) is 0 Å². The fraction of sp³-hybridized carbons (Fsp3) is 0.278. The van der Waals surface area contributed by atoms with Gasteiger partial charge in [-0.3, -0.25) is 4.79 Å². The summed E-state index contributed by atoms with van der Waals surface area (Å²) < 4.78 is 32.0. The number of anilines is 1. The summed E-state index contributed by atoms with van der Waals surface area (Å²) in [7, 11) is -3.65. The normalized spacial score (nSPS) is 15.5. The molecule has 0 saturated carbocycles. The molecule has 0 aromatic heterocycles. The van der Waals surface area contributed by atoms with Gasteiger partial charge in [0.25, 0.3) is 0 Å². The third kappa shape index (κ3) is 4.80. The summed E-state index contributed by atoms with van der Waals surface area (Å²) in [5.74, 6) is -0.250. The Labute approximate surface area is 168 Å². The van der Waals surface area contributed by atoms with E-state index in [1.54, 1.807) is 30.3 Å². The fourth-order valence-electron chi connectivity index (χ4n) is 2.68. The first-order valence-electron chi connectivity index (χ1n) is 8.28. The SMILES string of the molecule is O=C(CNc1ccc(Cl)cc1Cl)c1cccc(S(=O)(=O)N2CCOCC2)c1. The summed E-state index contributed by atoms with van der Waals surface area (Å²) in [5, 5.41) is 3.84. The number of nitrogens with zero attached hydrogens (tertiary/aromatic N) is 1. The smallest absolute Gasteiger partial charge is 0.243 e. The maximum absolute atomic E-state index is 12.7. The Morgan fingerprint density at radius 2 is 1.85 bits per heavy atom. The van der Waals surface area contributed by atoms with Crippen molar-refractivity contribution in [3.8, 4) is 0 Å². The molecular formula is C18H18Cl2N2O4S. The van der Waals surface area contributed by atoms with Gasteiger partial charge in [0.1, 0.15) is 0 Å². The first-order chi connectivity index (χ1) is 12.9. The van der Waals surface area contributed by atoms with Crippen molar-refractivity contribution >= 4 is 44.7 Å². The number of ketones is 1. The molecule has 3 rings (SSSR count). The summed E-state index contributed by atoms with van der Waals surface area (Å²) in [4.78, 5) is 12.6. The number of nitrogens with one attached hydrogen (secondary N) is 1. The van der Waals surface area contributed by atoms with Crippen LogP contribution in [0.4, 0.5) is 5.69 Å². The Kier molecular flexibility index (Phi) is 6.39. The van der Waals surface area contributed by atoms with Gasteiger partial charge in [-0.15, -0.1) is 0 Å². The highest BCUT2D eigenvalue weighted by Gasteiger charge is 2.26. The largest absolute Gasteiger partial charge is 0.379 e. The highest BCUT2D eigenvalue weighted by Crippen LogP contribution is 2.25. The Hall–Kier alpha value is -1.64. The average molecular weight is 429 g/mol. The number of Topliss-reactive ketones (excluding diaryl/α,β-unsaturated/α-hetero) is 1. The van der Waals surface area contributed by atoms with Crippen LogP contribution in [0.25, 0.3) is 0 Å². The zero-order valence-electron chi connectivity index (χ0n) is 14.3. The maximum Gasteiger partial charge on any atom is 0.243 e. The minimum Gasteiger partial charge on any atom is -0.379 e. The monoisotopic (exact) mass is 428 g/mol. The zero-order chi connectivity index (χ0) is 19.4. The van der Waals surface area contributed by atoms with E-state index in [-0.39, 0.29) is 17.2 Å². The third-order valence-electron chi connectivity index (χ3n) is 4.13. The van der Waals surface area contributed by atoms with Gasteiger partial charge in [0.05, 0.1) is 35.4 Å². The van der Waals surface area contributed by atoms with Crippen LogP contribution in [0.2, 0.25) is 10.0 Å². The molecule has 1 fully saturated rings. The molecule has 0 atom stereocenters. The van der Waals surface area contributed by atoms with Crippen molar-refractivity contribution in [2.45, 2.75) is 4.90 Å². The number of halogens is 2. The number of hydrogen-bond acceptors (Lipinski definition) is 5. The number of benzene rings is 2. The molecule has 0 amide bonds. The zero-order valence-corrected chi connectivity index (χ0v) is 16.6. The van der Waals surface area contributed by atoms with Crippen molar-refractivity contribution in [3.05, 3.63) is 58.1 Å². The fourth-order valence-corrected chi connectivity index (χ4v) is 4.61. The Morgan fingerprint density at radius 3 is 2.56 bits per heavy atom. The number of morpholine rings is 1. The van der Waals surface area contributed by atoms with E-state index in [0.717, 1.165) is 0 Å².